The van der Waals surface area contributed by atoms with Crippen LogP contribution in [0.1, 0.15) is 12.8 Å². The number of anilines is 1. The van der Waals surface area contributed by atoms with Crippen LogP contribution in [0.25, 0.3) is 0 Å². The van der Waals surface area contributed by atoms with Gasteiger partial charge in [0, 0.05) is 11.7 Å². The van der Waals surface area contributed by atoms with Gasteiger partial charge in [0.05, 0.1) is 4.90 Å². The number of nitrogens with one attached hydrogen (secondary N) is 1. The third-order valence-electron chi connectivity index (χ3n) is 2.10. The predicted molar refractivity (Wildman–Crippen MR) is 54.2 cm³/mol. The van der Waals surface area contributed by atoms with Gasteiger partial charge in [0.2, 0.25) is 10.0 Å². The lowest BCUT2D eigenvalue weighted by Gasteiger charge is -2.06. The van der Waals surface area contributed by atoms with Gasteiger partial charge in [-0.1, -0.05) is 0 Å². The Bertz CT molecular complexity index is 463. The van der Waals surface area contributed by atoms with E-state index in [0.717, 1.165) is 25.0 Å². The Kier molecular flexibility index (Phi) is 2.40. The fourth-order valence-corrected chi connectivity index (χ4v) is 2.60. The van der Waals surface area contributed by atoms with Crippen LogP contribution < -0.4 is 10.5 Å². The second-order valence-electron chi connectivity index (χ2n) is 3.62. The highest BCUT2D eigenvalue weighted by atomic mass is 32.2. The second-order valence-corrected chi connectivity index (χ2v) is 5.33. The lowest BCUT2D eigenvalue weighted by Crippen LogP contribution is -2.25. The van der Waals surface area contributed by atoms with Crippen molar-refractivity contribution < 1.29 is 12.8 Å². The van der Waals surface area contributed by atoms with Gasteiger partial charge >= 0.3 is 0 Å². The Hall–Kier alpha value is -1.14. The summed E-state index contributed by atoms with van der Waals surface area (Å²) in [5, 5.41) is 0. The number of nitrogen functional groups attached to an aromatic ring is 1. The van der Waals surface area contributed by atoms with Crippen molar-refractivity contribution in [3.8, 4) is 0 Å². The summed E-state index contributed by atoms with van der Waals surface area (Å²) in [6.07, 6.45) is 1.67. The molecule has 1 fully saturated rings. The van der Waals surface area contributed by atoms with Gasteiger partial charge < -0.3 is 5.73 Å². The molecular weight excluding hydrogens is 219 g/mol. The highest BCUT2D eigenvalue weighted by Gasteiger charge is 2.28. The normalized spacial score (nSPS) is 16.6. The minimum absolute atomic E-state index is 0.000471. The minimum Gasteiger partial charge on any atom is -0.399 e. The predicted octanol–water partition coefficient (Wildman–Crippen LogP) is 0.849. The number of hydrogen-bond donors (Lipinski definition) is 2. The summed E-state index contributed by atoms with van der Waals surface area (Å²) in [4.78, 5) is -0.119. The van der Waals surface area contributed by atoms with E-state index < -0.39 is 15.8 Å². The molecule has 15 heavy (non-hydrogen) atoms. The molecule has 0 atom stereocenters. The summed E-state index contributed by atoms with van der Waals surface area (Å²) in [7, 11) is -3.61. The lowest BCUT2D eigenvalue weighted by atomic mass is 10.3. The first-order valence-electron chi connectivity index (χ1n) is 4.56. The van der Waals surface area contributed by atoms with Gasteiger partial charge in [-0.25, -0.2) is 17.5 Å². The van der Waals surface area contributed by atoms with E-state index in [-0.39, 0.29) is 16.6 Å². The van der Waals surface area contributed by atoms with E-state index in [0.29, 0.717) is 0 Å². The molecule has 0 spiro atoms. The number of hydrogen-bond acceptors (Lipinski definition) is 3. The summed E-state index contributed by atoms with van der Waals surface area (Å²) in [6.45, 7) is 0. The van der Waals surface area contributed by atoms with Gasteiger partial charge in [-0.3, -0.25) is 0 Å². The molecule has 0 amide bonds. The summed E-state index contributed by atoms with van der Waals surface area (Å²) in [5.41, 5.74) is 5.47. The highest BCUT2D eigenvalue weighted by Crippen LogP contribution is 2.23. The maximum atomic E-state index is 12.9. The molecule has 4 nitrogen and oxygen atoms in total. The monoisotopic (exact) mass is 230 g/mol. The summed E-state index contributed by atoms with van der Waals surface area (Å²) < 4.78 is 38.7. The van der Waals surface area contributed by atoms with Crippen molar-refractivity contribution in [2.24, 2.45) is 0 Å². The molecule has 0 aromatic heterocycles. The molecular formula is C9H11FN2O2S. The van der Waals surface area contributed by atoms with E-state index in [4.69, 9.17) is 5.73 Å². The number of sulfonamides is 1. The molecule has 3 N–H and O–H groups in total. The second kappa shape index (κ2) is 3.46. The Morgan fingerprint density at radius 3 is 2.53 bits per heavy atom. The molecule has 6 heteroatoms. The maximum absolute atomic E-state index is 12.9. The first-order valence-corrected chi connectivity index (χ1v) is 6.04. The van der Waals surface area contributed by atoms with E-state index in [1.165, 1.54) is 6.07 Å². The fourth-order valence-electron chi connectivity index (χ4n) is 1.23. The van der Waals surface area contributed by atoms with Gasteiger partial charge in [0.15, 0.2) is 0 Å². The molecule has 0 saturated heterocycles. The Labute approximate surface area is 87.3 Å². The third kappa shape index (κ3) is 2.45. The molecule has 1 aliphatic rings. The van der Waals surface area contributed by atoms with E-state index in [1.807, 2.05) is 0 Å². The highest BCUT2D eigenvalue weighted by molar-refractivity contribution is 7.89. The van der Waals surface area contributed by atoms with Crippen molar-refractivity contribution in [3.05, 3.63) is 24.0 Å². The molecule has 2 rings (SSSR count). The molecule has 0 heterocycles. The number of rotatable bonds is 3. The fraction of sp³-hybridized carbons (Fsp3) is 0.333. The van der Waals surface area contributed by atoms with Crippen LogP contribution >= 0.6 is 0 Å². The topological polar surface area (TPSA) is 72.2 Å². The molecule has 1 saturated carbocycles. The van der Waals surface area contributed by atoms with Crippen molar-refractivity contribution in [1.82, 2.24) is 4.72 Å². The van der Waals surface area contributed by atoms with Crippen LogP contribution in [-0.2, 0) is 10.0 Å². The van der Waals surface area contributed by atoms with Crippen molar-refractivity contribution in [3.63, 3.8) is 0 Å². The van der Waals surface area contributed by atoms with Gasteiger partial charge in [-0.2, -0.15) is 0 Å². The van der Waals surface area contributed by atoms with Crippen LogP contribution in [0, 0.1) is 5.82 Å². The average Bonchev–Trinajstić information content (AvgIpc) is 2.85. The van der Waals surface area contributed by atoms with Gasteiger partial charge in [0.1, 0.15) is 5.82 Å². The van der Waals surface area contributed by atoms with E-state index in [1.54, 1.807) is 0 Å². The average molecular weight is 230 g/mol. The third-order valence-corrected chi connectivity index (χ3v) is 3.60. The Balaban J connectivity index is 2.34. The first kappa shape index (κ1) is 10.4. The maximum Gasteiger partial charge on any atom is 0.240 e. The van der Waals surface area contributed by atoms with Crippen LogP contribution in [0.4, 0.5) is 10.1 Å². The smallest absolute Gasteiger partial charge is 0.240 e. The zero-order valence-electron chi connectivity index (χ0n) is 7.90. The van der Waals surface area contributed by atoms with E-state index in [2.05, 4.69) is 4.72 Å². The zero-order valence-corrected chi connectivity index (χ0v) is 8.72. The first-order chi connectivity index (χ1) is 6.97. The molecule has 0 radical (unpaired) electrons. The van der Waals surface area contributed by atoms with Gasteiger partial charge in [-0.15, -0.1) is 0 Å². The standard InChI is InChI=1S/C9H11FN2O2S/c10-6-3-7(11)5-9(4-6)15(13,14)12-8-1-2-8/h3-5,8,12H,1-2,11H2. The summed E-state index contributed by atoms with van der Waals surface area (Å²) in [5.74, 6) is -0.647. The molecule has 1 aliphatic carbocycles. The summed E-state index contributed by atoms with van der Waals surface area (Å²) in [6, 6.07) is 3.28. The minimum atomic E-state index is -3.61. The van der Waals surface area contributed by atoms with Crippen molar-refractivity contribution >= 4 is 15.7 Å². The van der Waals surface area contributed by atoms with Crippen LogP contribution in [0.2, 0.25) is 0 Å². The van der Waals surface area contributed by atoms with E-state index >= 15 is 0 Å². The molecule has 0 aliphatic heterocycles. The quantitative estimate of drug-likeness (QED) is 0.756. The zero-order chi connectivity index (χ0) is 11.1. The number of halogens is 1. The van der Waals surface area contributed by atoms with E-state index in [9.17, 15) is 12.8 Å². The number of benzene rings is 1. The Morgan fingerprint density at radius 1 is 1.33 bits per heavy atom. The molecule has 1 aromatic rings. The van der Waals surface area contributed by atoms with Crippen molar-refractivity contribution in [1.29, 1.82) is 0 Å². The number of nitrogens with two attached hydrogens (primary N) is 1. The lowest BCUT2D eigenvalue weighted by molar-refractivity contribution is 0.577. The molecule has 1 aromatic carbocycles. The van der Waals surface area contributed by atoms with Gasteiger partial charge in [-0.05, 0) is 31.0 Å². The molecule has 0 unspecified atom stereocenters. The van der Waals surface area contributed by atoms with Crippen LogP contribution in [0.3, 0.4) is 0 Å². The van der Waals surface area contributed by atoms with Crippen molar-refractivity contribution in [2.75, 3.05) is 5.73 Å². The largest absolute Gasteiger partial charge is 0.399 e. The molecule has 82 valence electrons. The SMILES string of the molecule is Nc1cc(F)cc(S(=O)(=O)NC2CC2)c1. The Morgan fingerprint density at radius 2 is 2.00 bits per heavy atom. The van der Waals surface area contributed by atoms with Crippen molar-refractivity contribution in [2.45, 2.75) is 23.8 Å². The summed E-state index contributed by atoms with van der Waals surface area (Å²) >= 11 is 0. The van der Waals surface area contributed by atoms with Crippen LogP contribution in [-0.4, -0.2) is 14.5 Å². The molecule has 0 bridgehead atoms. The van der Waals surface area contributed by atoms with Gasteiger partial charge in [0.25, 0.3) is 0 Å². The van der Waals surface area contributed by atoms with Crippen LogP contribution in [0.5, 0.6) is 0 Å². The van der Waals surface area contributed by atoms with Crippen LogP contribution in [0.15, 0.2) is 23.1 Å².